The average Bonchev–Trinajstić information content (AvgIpc) is 2.66. The van der Waals surface area contributed by atoms with Gasteiger partial charge in [0.2, 0.25) is 0 Å². The molecule has 0 aliphatic rings. The molecule has 2 aromatic rings. The molecule has 0 spiro atoms. The van der Waals surface area contributed by atoms with E-state index in [1.807, 2.05) is 17.6 Å². The van der Waals surface area contributed by atoms with Crippen molar-refractivity contribution in [2.24, 2.45) is 4.99 Å². The van der Waals surface area contributed by atoms with Gasteiger partial charge >= 0.3 is 0 Å². The number of isothiocyanates is 1. The molecule has 0 amide bonds. The molecular formula is C10H6N2S2. The Morgan fingerprint density at radius 3 is 3.14 bits per heavy atom. The minimum Gasteiger partial charge on any atom is -0.244 e. The van der Waals surface area contributed by atoms with Crippen LogP contribution in [0.4, 0.5) is 5.69 Å². The highest BCUT2D eigenvalue weighted by Crippen LogP contribution is 2.30. The summed E-state index contributed by atoms with van der Waals surface area (Å²) in [5.41, 5.74) is 4.42. The second-order valence-electron chi connectivity index (χ2n) is 2.60. The van der Waals surface area contributed by atoms with Gasteiger partial charge in [-0.3, -0.25) is 0 Å². The molecule has 0 bridgehead atoms. The van der Waals surface area contributed by atoms with Crippen molar-refractivity contribution in [2.45, 2.75) is 0 Å². The summed E-state index contributed by atoms with van der Waals surface area (Å²) in [5, 5.41) is 2.35. The molecule has 0 fully saturated rings. The van der Waals surface area contributed by atoms with Crippen molar-refractivity contribution in [3.63, 3.8) is 0 Å². The van der Waals surface area contributed by atoms with Gasteiger partial charge in [0.25, 0.3) is 0 Å². The second-order valence-corrected chi connectivity index (χ2v) is 3.67. The van der Waals surface area contributed by atoms with Gasteiger partial charge in [-0.2, -0.15) is 4.99 Å². The van der Waals surface area contributed by atoms with Crippen molar-refractivity contribution in [3.8, 4) is 0 Å². The van der Waals surface area contributed by atoms with Crippen molar-refractivity contribution < 1.29 is 0 Å². The van der Waals surface area contributed by atoms with E-state index in [4.69, 9.17) is 0 Å². The molecule has 1 heterocycles. The summed E-state index contributed by atoms with van der Waals surface area (Å²) in [4.78, 5) is 8.22. The number of hydrogen-bond donors (Lipinski definition) is 0. The van der Waals surface area contributed by atoms with Crippen molar-refractivity contribution in [1.82, 2.24) is 4.98 Å². The van der Waals surface area contributed by atoms with E-state index in [0.717, 1.165) is 21.5 Å². The number of aromatic nitrogens is 1. The third-order valence-corrected chi connectivity index (χ3v) is 2.77. The first-order chi connectivity index (χ1) is 6.86. The molecular weight excluding hydrogens is 212 g/mol. The Morgan fingerprint density at radius 1 is 1.57 bits per heavy atom. The zero-order chi connectivity index (χ0) is 9.97. The van der Waals surface area contributed by atoms with Crippen LogP contribution in [0.3, 0.4) is 0 Å². The first kappa shape index (κ1) is 9.21. The van der Waals surface area contributed by atoms with Crippen LogP contribution in [-0.2, 0) is 0 Å². The fourth-order valence-electron chi connectivity index (χ4n) is 1.29. The molecule has 14 heavy (non-hydrogen) atoms. The number of benzene rings is 1. The van der Waals surface area contributed by atoms with Gasteiger partial charge in [-0.25, -0.2) is 4.98 Å². The maximum atomic E-state index is 4.57. The fraction of sp³-hybridized carbons (Fsp3) is 0. The predicted molar refractivity (Wildman–Crippen MR) is 64.4 cm³/mol. The molecule has 0 saturated heterocycles. The maximum absolute atomic E-state index is 4.57. The Kier molecular flexibility index (Phi) is 2.50. The Morgan fingerprint density at radius 2 is 2.43 bits per heavy atom. The molecule has 0 aliphatic heterocycles. The lowest BCUT2D eigenvalue weighted by molar-refractivity contribution is 1.47. The molecule has 0 N–H and O–H groups in total. The molecule has 2 rings (SSSR count). The highest BCUT2D eigenvalue weighted by Gasteiger charge is 2.05. The lowest BCUT2D eigenvalue weighted by atomic mass is 10.1. The Hall–Kier alpha value is -1.35. The van der Waals surface area contributed by atoms with Crippen LogP contribution in [0.2, 0.25) is 0 Å². The largest absolute Gasteiger partial charge is 0.244 e. The summed E-state index contributed by atoms with van der Waals surface area (Å²) in [6.45, 7) is 3.75. The van der Waals surface area contributed by atoms with Crippen LogP contribution in [-0.4, -0.2) is 10.1 Å². The lowest BCUT2D eigenvalue weighted by Gasteiger charge is -1.98. The van der Waals surface area contributed by atoms with E-state index in [2.05, 4.69) is 33.9 Å². The number of thiazole rings is 1. The van der Waals surface area contributed by atoms with E-state index in [0.29, 0.717) is 0 Å². The predicted octanol–water partition coefficient (Wildman–Crippen LogP) is 3.67. The van der Waals surface area contributed by atoms with Crippen molar-refractivity contribution in [3.05, 3.63) is 29.8 Å². The number of aliphatic imine (C=N–C) groups is 1. The maximum Gasteiger partial charge on any atom is 0.0906 e. The second kappa shape index (κ2) is 3.80. The smallest absolute Gasteiger partial charge is 0.0906 e. The van der Waals surface area contributed by atoms with Gasteiger partial charge in [0, 0.05) is 5.56 Å². The quantitative estimate of drug-likeness (QED) is 0.567. The summed E-state index contributed by atoms with van der Waals surface area (Å²) < 4.78 is 1.13. The summed E-state index contributed by atoms with van der Waals surface area (Å²) in [6.07, 6.45) is 1.74. The normalized spacial score (nSPS) is 9.71. The first-order valence-electron chi connectivity index (χ1n) is 3.93. The molecule has 2 nitrogen and oxygen atoms in total. The molecule has 0 unspecified atom stereocenters. The molecule has 0 aliphatic carbocycles. The van der Waals surface area contributed by atoms with E-state index >= 15 is 0 Å². The summed E-state index contributed by atoms with van der Waals surface area (Å²) in [7, 11) is 0. The fourth-order valence-corrected chi connectivity index (χ4v) is 2.08. The van der Waals surface area contributed by atoms with E-state index in [1.54, 1.807) is 17.4 Å². The summed E-state index contributed by atoms with van der Waals surface area (Å²) in [6, 6.07) is 3.88. The van der Waals surface area contributed by atoms with Crippen LogP contribution in [0, 0.1) is 0 Å². The van der Waals surface area contributed by atoms with Gasteiger partial charge in [-0.05, 0) is 24.4 Å². The van der Waals surface area contributed by atoms with Crippen LogP contribution >= 0.6 is 23.6 Å². The third kappa shape index (κ3) is 1.40. The van der Waals surface area contributed by atoms with Crippen LogP contribution < -0.4 is 0 Å². The third-order valence-electron chi connectivity index (χ3n) is 1.89. The first-order valence-corrected chi connectivity index (χ1v) is 5.22. The molecule has 1 aromatic heterocycles. The van der Waals surface area contributed by atoms with Crippen LogP contribution in [0.15, 0.2) is 29.2 Å². The van der Waals surface area contributed by atoms with Gasteiger partial charge in [0.05, 0.1) is 26.6 Å². The van der Waals surface area contributed by atoms with Crippen molar-refractivity contribution in [2.75, 3.05) is 0 Å². The number of rotatable bonds is 2. The van der Waals surface area contributed by atoms with E-state index in [-0.39, 0.29) is 0 Å². The molecule has 0 atom stereocenters. The Balaban J connectivity index is 2.84. The van der Waals surface area contributed by atoms with Gasteiger partial charge in [0.1, 0.15) is 0 Å². The number of nitrogens with zero attached hydrogens (tertiary/aromatic N) is 2. The zero-order valence-electron chi connectivity index (χ0n) is 7.23. The molecule has 68 valence electrons. The molecule has 4 heteroatoms. The number of thiocarbonyl (C=S) groups is 1. The van der Waals surface area contributed by atoms with E-state index in [1.165, 1.54) is 0 Å². The monoisotopic (exact) mass is 218 g/mol. The number of fused-ring (bicyclic) bond motifs is 1. The Bertz CT molecular complexity index is 536. The molecule has 0 radical (unpaired) electrons. The van der Waals surface area contributed by atoms with Crippen LogP contribution in [0.25, 0.3) is 16.3 Å². The van der Waals surface area contributed by atoms with E-state index in [9.17, 15) is 0 Å². The minimum atomic E-state index is 0.772. The zero-order valence-corrected chi connectivity index (χ0v) is 8.86. The molecule has 1 aromatic carbocycles. The summed E-state index contributed by atoms with van der Waals surface area (Å²) >= 11 is 6.17. The van der Waals surface area contributed by atoms with Gasteiger partial charge in [0.15, 0.2) is 0 Å². The Labute approximate surface area is 90.6 Å². The minimum absolute atomic E-state index is 0.772. The topological polar surface area (TPSA) is 25.2 Å². The average molecular weight is 218 g/mol. The van der Waals surface area contributed by atoms with Crippen molar-refractivity contribution in [1.29, 1.82) is 0 Å². The van der Waals surface area contributed by atoms with Crippen LogP contribution in [0.1, 0.15) is 5.56 Å². The van der Waals surface area contributed by atoms with Gasteiger partial charge in [-0.15, -0.1) is 11.3 Å². The highest BCUT2D eigenvalue weighted by molar-refractivity contribution is 7.78. The van der Waals surface area contributed by atoms with Gasteiger partial charge < -0.3 is 0 Å². The SMILES string of the molecule is C=Cc1c(N=C=S)ccc2scnc12. The lowest BCUT2D eigenvalue weighted by Crippen LogP contribution is -1.77. The highest BCUT2D eigenvalue weighted by atomic mass is 32.1. The van der Waals surface area contributed by atoms with Crippen molar-refractivity contribution >= 4 is 50.7 Å². The molecule has 0 saturated carbocycles. The van der Waals surface area contributed by atoms with Gasteiger partial charge in [-0.1, -0.05) is 12.7 Å². The van der Waals surface area contributed by atoms with Crippen LogP contribution in [0.5, 0.6) is 0 Å². The number of hydrogen-bond acceptors (Lipinski definition) is 4. The summed E-state index contributed by atoms with van der Waals surface area (Å²) in [5.74, 6) is 0. The van der Waals surface area contributed by atoms with E-state index < -0.39 is 0 Å². The standard InChI is InChI=1S/C10H6N2S2/c1-2-7-8(11-5-13)3-4-9-10(7)12-6-14-9/h2-4,6H,1H2.